The zero-order valence-corrected chi connectivity index (χ0v) is 15.3. The van der Waals surface area contributed by atoms with Crippen LogP contribution in [-0.2, 0) is 9.53 Å². The Labute approximate surface area is 162 Å². The van der Waals surface area contributed by atoms with Crippen molar-refractivity contribution in [2.45, 2.75) is 31.3 Å². The van der Waals surface area contributed by atoms with Gasteiger partial charge in [-0.15, -0.1) is 0 Å². The maximum absolute atomic E-state index is 11.1. The number of phenols is 1. The first kappa shape index (κ1) is 19.7. The van der Waals surface area contributed by atoms with Crippen molar-refractivity contribution in [3.05, 3.63) is 53.6 Å². The SMILES string of the molecule is COc1ccc(/C=C/c2cc(O)cc(OC3CC(O)CC(C(=O)O)O3)c2)cc1. The third-order valence-corrected chi connectivity index (χ3v) is 4.31. The molecule has 0 saturated carbocycles. The molecule has 1 heterocycles. The predicted octanol–water partition coefficient (Wildman–Crippen LogP) is 2.90. The van der Waals surface area contributed by atoms with E-state index in [2.05, 4.69) is 0 Å². The van der Waals surface area contributed by atoms with E-state index in [4.69, 9.17) is 19.3 Å². The minimum Gasteiger partial charge on any atom is -0.508 e. The van der Waals surface area contributed by atoms with Crippen LogP contribution < -0.4 is 9.47 Å². The zero-order chi connectivity index (χ0) is 20.1. The molecule has 28 heavy (non-hydrogen) atoms. The summed E-state index contributed by atoms with van der Waals surface area (Å²) >= 11 is 0. The maximum atomic E-state index is 11.1. The number of phenolic OH excluding ortho intramolecular Hbond substituents is 1. The molecule has 148 valence electrons. The van der Waals surface area contributed by atoms with Crippen LogP contribution >= 0.6 is 0 Å². The fraction of sp³-hybridized carbons (Fsp3) is 0.286. The molecule has 0 amide bonds. The highest BCUT2D eigenvalue weighted by atomic mass is 16.7. The van der Waals surface area contributed by atoms with Gasteiger partial charge in [0, 0.05) is 18.9 Å². The number of carboxylic acids is 1. The van der Waals surface area contributed by atoms with Gasteiger partial charge in [0.05, 0.1) is 13.2 Å². The Morgan fingerprint density at radius 1 is 1.07 bits per heavy atom. The molecule has 0 radical (unpaired) electrons. The van der Waals surface area contributed by atoms with E-state index in [9.17, 15) is 15.0 Å². The Bertz CT molecular complexity index is 844. The van der Waals surface area contributed by atoms with Gasteiger partial charge in [0.15, 0.2) is 6.10 Å². The molecule has 7 heteroatoms. The van der Waals surface area contributed by atoms with Crippen molar-refractivity contribution in [1.82, 2.24) is 0 Å². The van der Waals surface area contributed by atoms with Crippen molar-refractivity contribution in [2.24, 2.45) is 0 Å². The molecule has 1 aliphatic rings. The molecule has 3 unspecified atom stereocenters. The number of ether oxygens (including phenoxy) is 3. The van der Waals surface area contributed by atoms with Gasteiger partial charge >= 0.3 is 5.97 Å². The van der Waals surface area contributed by atoms with Crippen LogP contribution in [-0.4, -0.2) is 46.9 Å². The van der Waals surface area contributed by atoms with Crippen LogP contribution in [0.15, 0.2) is 42.5 Å². The molecular formula is C21H22O7. The summed E-state index contributed by atoms with van der Waals surface area (Å²) in [6.07, 6.45) is 0.989. The van der Waals surface area contributed by atoms with Crippen LogP contribution in [0.4, 0.5) is 0 Å². The summed E-state index contributed by atoms with van der Waals surface area (Å²) in [7, 11) is 1.60. The molecule has 3 rings (SSSR count). The smallest absolute Gasteiger partial charge is 0.333 e. The third kappa shape index (κ3) is 5.25. The number of methoxy groups -OCH3 is 1. The van der Waals surface area contributed by atoms with Gasteiger partial charge in [-0.1, -0.05) is 24.3 Å². The first-order valence-electron chi connectivity index (χ1n) is 8.82. The number of hydrogen-bond donors (Lipinski definition) is 3. The number of aromatic hydroxyl groups is 1. The van der Waals surface area contributed by atoms with Gasteiger partial charge in [0.1, 0.15) is 17.2 Å². The maximum Gasteiger partial charge on any atom is 0.333 e. The second kappa shape index (κ2) is 8.77. The van der Waals surface area contributed by atoms with Gasteiger partial charge in [0.2, 0.25) is 6.29 Å². The summed E-state index contributed by atoms with van der Waals surface area (Å²) in [5, 5.41) is 28.9. The molecule has 0 aromatic heterocycles. The van der Waals surface area contributed by atoms with Crippen LogP contribution in [0.1, 0.15) is 24.0 Å². The summed E-state index contributed by atoms with van der Waals surface area (Å²) in [5.74, 6) is -0.0680. The Hall–Kier alpha value is -3.03. The van der Waals surface area contributed by atoms with E-state index in [1.807, 2.05) is 36.4 Å². The number of aliphatic carboxylic acids is 1. The number of aliphatic hydroxyl groups excluding tert-OH is 1. The van der Waals surface area contributed by atoms with E-state index in [0.717, 1.165) is 11.3 Å². The molecule has 3 atom stereocenters. The van der Waals surface area contributed by atoms with Crippen molar-refractivity contribution < 1.29 is 34.3 Å². The average molecular weight is 386 g/mol. The first-order chi connectivity index (χ1) is 13.4. The highest BCUT2D eigenvalue weighted by Crippen LogP contribution is 2.28. The summed E-state index contributed by atoms with van der Waals surface area (Å²) < 4.78 is 16.1. The molecule has 2 aromatic rings. The fourth-order valence-corrected chi connectivity index (χ4v) is 2.92. The fourth-order valence-electron chi connectivity index (χ4n) is 2.92. The topological polar surface area (TPSA) is 105 Å². The highest BCUT2D eigenvalue weighted by Gasteiger charge is 2.34. The van der Waals surface area contributed by atoms with Crippen LogP contribution in [0, 0.1) is 0 Å². The molecular weight excluding hydrogens is 364 g/mol. The van der Waals surface area contributed by atoms with E-state index >= 15 is 0 Å². The standard InChI is InChI=1S/C21H22O7/c1-26-17-6-4-13(5-7-17)2-3-14-8-15(22)10-18(9-14)27-20-12-16(23)11-19(28-20)21(24)25/h2-10,16,19-20,22-23H,11-12H2,1H3,(H,24,25)/b3-2+. The molecule has 1 fully saturated rings. The molecule has 0 aliphatic carbocycles. The van der Waals surface area contributed by atoms with Gasteiger partial charge in [-0.25, -0.2) is 4.79 Å². The summed E-state index contributed by atoms with van der Waals surface area (Å²) in [5.41, 5.74) is 1.65. The Morgan fingerprint density at radius 2 is 1.79 bits per heavy atom. The van der Waals surface area contributed by atoms with Gasteiger partial charge in [-0.2, -0.15) is 0 Å². The Kier molecular flexibility index (Phi) is 6.18. The van der Waals surface area contributed by atoms with E-state index in [1.54, 1.807) is 19.2 Å². The van der Waals surface area contributed by atoms with Gasteiger partial charge < -0.3 is 29.5 Å². The number of aliphatic hydroxyl groups is 1. The van der Waals surface area contributed by atoms with Gasteiger partial charge in [0.25, 0.3) is 0 Å². The lowest BCUT2D eigenvalue weighted by atomic mass is 10.1. The van der Waals surface area contributed by atoms with E-state index in [1.165, 1.54) is 6.07 Å². The monoisotopic (exact) mass is 386 g/mol. The second-order valence-electron chi connectivity index (χ2n) is 6.50. The van der Waals surface area contributed by atoms with Crippen molar-refractivity contribution in [1.29, 1.82) is 0 Å². The largest absolute Gasteiger partial charge is 0.508 e. The summed E-state index contributed by atoms with van der Waals surface area (Å²) in [6, 6.07) is 12.2. The normalized spacial score (nSPS) is 22.1. The number of benzene rings is 2. The quantitative estimate of drug-likeness (QED) is 0.656. The Balaban J connectivity index is 1.72. The van der Waals surface area contributed by atoms with E-state index < -0.39 is 24.5 Å². The lowest BCUT2D eigenvalue weighted by molar-refractivity contribution is -0.195. The molecule has 7 nitrogen and oxygen atoms in total. The van der Waals surface area contributed by atoms with E-state index in [0.29, 0.717) is 11.3 Å². The molecule has 1 saturated heterocycles. The number of carbonyl (C=O) groups is 1. The van der Waals surface area contributed by atoms with Crippen LogP contribution in [0.5, 0.6) is 17.2 Å². The lowest BCUT2D eigenvalue weighted by Crippen LogP contribution is -2.42. The molecule has 2 aromatic carbocycles. The van der Waals surface area contributed by atoms with Gasteiger partial charge in [-0.05, 0) is 35.4 Å². The molecule has 0 spiro atoms. The number of hydrogen-bond acceptors (Lipinski definition) is 6. The molecule has 1 aliphatic heterocycles. The molecule has 3 N–H and O–H groups in total. The van der Waals surface area contributed by atoms with Crippen molar-refractivity contribution in [3.8, 4) is 17.2 Å². The van der Waals surface area contributed by atoms with Crippen molar-refractivity contribution in [3.63, 3.8) is 0 Å². The second-order valence-corrected chi connectivity index (χ2v) is 6.50. The van der Waals surface area contributed by atoms with Crippen LogP contribution in [0.25, 0.3) is 12.2 Å². The van der Waals surface area contributed by atoms with Crippen molar-refractivity contribution in [2.75, 3.05) is 7.11 Å². The first-order valence-corrected chi connectivity index (χ1v) is 8.82. The lowest BCUT2D eigenvalue weighted by Gasteiger charge is -2.31. The number of rotatable bonds is 6. The predicted molar refractivity (Wildman–Crippen MR) is 102 cm³/mol. The highest BCUT2D eigenvalue weighted by molar-refractivity contribution is 5.72. The third-order valence-electron chi connectivity index (χ3n) is 4.31. The van der Waals surface area contributed by atoms with Crippen LogP contribution in [0.3, 0.4) is 0 Å². The van der Waals surface area contributed by atoms with Crippen LogP contribution in [0.2, 0.25) is 0 Å². The zero-order valence-electron chi connectivity index (χ0n) is 15.3. The summed E-state index contributed by atoms with van der Waals surface area (Å²) in [6.45, 7) is 0. The minimum atomic E-state index is -1.15. The average Bonchev–Trinajstić information content (AvgIpc) is 2.66. The van der Waals surface area contributed by atoms with Gasteiger partial charge in [-0.3, -0.25) is 0 Å². The van der Waals surface area contributed by atoms with E-state index in [-0.39, 0.29) is 18.6 Å². The summed E-state index contributed by atoms with van der Waals surface area (Å²) in [4.78, 5) is 11.1. The Morgan fingerprint density at radius 3 is 2.46 bits per heavy atom. The van der Waals surface area contributed by atoms with Crippen molar-refractivity contribution >= 4 is 18.1 Å². The number of carboxylic acid groups (broad SMARTS) is 1. The minimum absolute atomic E-state index is 0.00183. The molecule has 0 bridgehead atoms.